The highest BCUT2D eigenvalue weighted by molar-refractivity contribution is 7.93. The largest absolute Gasteiger partial charge is 0.302 e. The highest BCUT2D eigenvalue weighted by Crippen LogP contribution is 2.18. The summed E-state index contributed by atoms with van der Waals surface area (Å²) in [6.45, 7) is 5.47. The number of aldehydes is 1. The summed E-state index contributed by atoms with van der Waals surface area (Å²) in [5, 5.41) is -1.20. The molecule has 96 valence electrons. The van der Waals surface area contributed by atoms with Gasteiger partial charge < -0.3 is 4.79 Å². The van der Waals surface area contributed by atoms with Crippen LogP contribution in [-0.2, 0) is 14.6 Å². The summed E-state index contributed by atoms with van der Waals surface area (Å²) in [5.74, 6) is 0. The summed E-state index contributed by atoms with van der Waals surface area (Å²) >= 11 is 0. The molecule has 0 fully saturated rings. The maximum absolute atomic E-state index is 11.9. The number of sulfone groups is 1. The third-order valence-electron chi connectivity index (χ3n) is 3.01. The van der Waals surface area contributed by atoms with Gasteiger partial charge in [-0.1, -0.05) is 39.5 Å². The number of hydrogen-bond acceptors (Lipinski definition) is 3. The van der Waals surface area contributed by atoms with Crippen molar-refractivity contribution < 1.29 is 13.2 Å². The highest BCUT2D eigenvalue weighted by Gasteiger charge is 2.28. The zero-order chi connectivity index (χ0) is 12.6. The summed E-state index contributed by atoms with van der Waals surface area (Å²) in [7, 11) is -3.26. The second kappa shape index (κ2) is 7.82. The monoisotopic (exact) mass is 248 g/mol. The summed E-state index contributed by atoms with van der Waals surface area (Å²) in [4.78, 5) is 10.6. The van der Waals surface area contributed by atoms with Crippen LogP contribution in [0.5, 0.6) is 0 Å². The Kier molecular flexibility index (Phi) is 7.64. The Balaban J connectivity index is 4.32. The molecule has 16 heavy (non-hydrogen) atoms. The number of carbonyl (C=O) groups excluding carboxylic acids is 1. The molecular weight excluding hydrogens is 224 g/mol. The lowest BCUT2D eigenvalue weighted by Gasteiger charge is -2.17. The molecule has 0 saturated carbocycles. The minimum absolute atomic E-state index is 0.343. The van der Waals surface area contributed by atoms with Crippen molar-refractivity contribution in [2.75, 3.05) is 0 Å². The standard InChI is InChI=1S/C12H24O3S/c1-4-6-7-8-9-12(5-2)16(14,15)11(3)10-13/h10-12H,4-9H2,1-3H3. The summed E-state index contributed by atoms with van der Waals surface area (Å²) < 4.78 is 23.9. The molecule has 0 N–H and O–H groups in total. The quantitative estimate of drug-likeness (QED) is 0.465. The van der Waals surface area contributed by atoms with E-state index in [1.807, 2.05) is 6.92 Å². The van der Waals surface area contributed by atoms with E-state index in [-0.39, 0.29) is 5.25 Å². The number of carbonyl (C=O) groups is 1. The minimum Gasteiger partial charge on any atom is -0.302 e. The van der Waals surface area contributed by atoms with Gasteiger partial charge in [0.15, 0.2) is 9.84 Å². The van der Waals surface area contributed by atoms with Gasteiger partial charge in [0, 0.05) is 0 Å². The van der Waals surface area contributed by atoms with Crippen molar-refractivity contribution in [2.24, 2.45) is 0 Å². The molecule has 2 unspecified atom stereocenters. The Morgan fingerprint density at radius 3 is 2.19 bits per heavy atom. The molecule has 0 heterocycles. The summed E-state index contributed by atoms with van der Waals surface area (Å²) in [6, 6.07) is 0. The van der Waals surface area contributed by atoms with Gasteiger partial charge in [0.2, 0.25) is 0 Å². The molecule has 4 heteroatoms. The van der Waals surface area contributed by atoms with Crippen LogP contribution < -0.4 is 0 Å². The molecule has 0 saturated heterocycles. The summed E-state index contributed by atoms with van der Waals surface area (Å²) in [6.07, 6.45) is 6.15. The van der Waals surface area contributed by atoms with Crippen LogP contribution in [0.15, 0.2) is 0 Å². The average molecular weight is 248 g/mol. The predicted molar refractivity (Wildman–Crippen MR) is 67.3 cm³/mol. The Labute approximate surface area is 99.5 Å². The van der Waals surface area contributed by atoms with E-state index in [4.69, 9.17) is 0 Å². The lowest BCUT2D eigenvalue weighted by molar-refractivity contribution is -0.107. The molecular formula is C12H24O3S. The van der Waals surface area contributed by atoms with Gasteiger partial charge in [0.05, 0.1) is 5.25 Å². The zero-order valence-electron chi connectivity index (χ0n) is 10.6. The van der Waals surface area contributed by atoms with Crippen molar-refractivity contribution in [2.45, 2.75) is 69.8 Å². The first-order valence-electron chi connectivity index (χ1n) is 6.18. The Hall–Kier alpha value is -0.380. The van der Waals surface area contributed by atoms with Crippen LogP contribution in [0.3, 0.4) is 0 Å². The van der Waals surface area contributed by atoms with Crippen molar-refractivity contribution in [3.05, 3.63) is 0 Å². The van der Waals surface area contributed by atoms with Gasteiger partial charge in [-0.2, -0.15) is 0 Å². The lowest BCUT2D eigenvalue weighted by atomic mass is 10.1. The van der Waals surface area contributed by atoms with Crippen LogP contribution >= 0.6 is 0 Å². The second-order valence-corrected chi connectivity index (χ2v) is 6.90. The van der Waals surface area contributed by atoms with E-state index in [0.29, 0.717) is 19.1 Å². The predicted octanol–water partition coefficient (Wildman–Crippen LogP) is 2.74. The Morgan fingerprint density at radius 1 is 1.12 bits per heavy atom. The number of hydrogen-bond donors (Lipinski definition) is 0. The molecule has 0 radical (unpaired) electrons. The molecule has 0 spiro atoms. The first-order chi connectivity index (χ1) is 7.50. The van der Waals surface area contributed by atoms with Crippen LogP contribution in [-0.4, -0.2) is 25.2 Å². The van der Waals surface area contributed by atoms with Crippen LogP contribution in [0.25, 0.3) is 0 Å². The van der Waals surface area contributed by atoms with E-state index in [9.17, 15) is 13.2 Å². The van der Waals surface area contributed by atoms with E-state index >= 15 is 0 Å². The third kappa shape index (κ3) is 4.64. The van der Waals surface area contributed by atoms with Crippen LogP contribution in [0, 0.1) is 0 Å². The molecule has 2 atom stereocenters. The van der Waals surface area contributed by atoms with Crippen molar-refractivity contribution in [3.8, 4) is 0 Å². The van der Waals surface area contributed by atoms with Crippen molar-refractivity contribution in [1.82, 2.24) is 0 Å². The second-order valence-electron chi connectivity index (χ2n) is 4.31. The Bertz CT molecular complexity index is 283. The van der Waals surface area contributed by atoms with E-state index in [0.717, 1.165) is 25.7 Å². The average Bonchev–Trinajstić information content (AvgIpc) is 2.27. The molecule has 0 aliphatic rings. The molecule has 0 aliphatic carbocycles. The van der Waals surface area contributed by atoms with E-state index < -0.39 is 15.1 Å². The van der Waals surface area contributed by atoms with Crippen LogP contribution in [0.1, 0.15) is 59.3 Å². The first-order valence-corrected chi connectivity index (χ1v) is 7.79. The fourth-order valence-corrected chi connectivity index (χ4v) is 3.50. The fraction of sp³-hybridized carbons (Fsp3) is 0.917. The van der Waals surface area contributed by atoms with E-state index in [1.54, 1.807) is 0 Å². The molecule has 3 nitrogen and oxygen atoms in total. The number of unbranched alkanes of at least 4 members (excludes halogenated alkanes) is 3. The SMILES string of the molecule is CCCCCCC(CC)S(=O)(=O)C(C)C=O. The van der Waals surface area contributed by atoms with Gasteiger partial charge in [0.1, 0.15) is 11.5 Å². The maximum Gasteiger partial charge on any atom is 0.162 e. The molecule has 0 aromatic rings. The van der Waals surface area contributed by atoms with Crippen LogP contribution in [0.2, 0.25) is 0 Å². The topological polar surface area (TPSA) is 51.2 Å². The normalized spacial score (nSPS) is 15.7. The van der Waals surface area contributed by atoms with Gasteiger partial charge in [-0.05, 0) is 19.8 Å². The van der Waals surface area contributed by atoms with Crippen molar-refractivity contribution in [3.63, 3.8) is 0 Å². The first kappa shape index (κ1) is 15.6. The van der Waals surface area contributed by atoms with Gasteiger partial charge in [-0.3, -0.25) is 0 Å². The van der Waals surface area contributed by atoms with E-state index in [2.05, 4.69) is 6.92 Å². The van der Waals surface area contributed by atoms with Crippen LogP contribution in [0.4, 0.5) is 0 Å². The minimum atomic E-state index is -3.26. The fourth-order valence-electron chi connectivity index (χ4n) is 1.78. The van der Waals surface area contributed by atoms with Crippen molar-refractivity contribution >= 4 is 16.1 Å². The lowest BCUT2D eigenvalue weighted by Crippen LogP contribution is -2.30. The van der Waals surface area contributed by atoms with Gasteiger partial charge in [-0.15, -0.1) is 0 Å². The number of rotatable bonds is 9. The molecule has 0 rings (SSSR count). The Morgan fingerprint density at radius 2 is 1.75 bits per heavy atom. The molecule has 0 aromatic heterocycles. The van der Waals surface area contributed by atoms with Gasteiger partial charge in [0.25, 0.3) is 0 Å². The van der Waals surface area contributed by atoms with Gasteiger partial charge >= 0.3 is 0 Å². The summed E-state index contributed by atoms with van der Waals surface area (Å²) in [5.41, 5.74) is 0. The third-order valence-corrected chi connectivity index (χ3v) is 5.66. The van der Waals surface area contributed by atoms with E-state index in [1.165, 1.54) is 6.92 Å². The molecule has 0 bridgehead atoms. The van der Waals surface area contributed by atoms with Gasteiger partial charge in [-0.25, -0.2) is 8.42 Å². The molecule has 0 aromatic carbocycles. The molecule has 0 aliphatic heterocycles. The highest BCUT2D eigenvalue weighted by atomic mass is 32.2. The zero-order valence-corrected chi connectivity index (χ0v) is 11.4. The smallest absolute Gasteiger partial charge is 0.162 e. The van der Waals surface area contributed by atoms with Crippen molar-refractivity contribution in [1.29, 1.82) is 0 Å². The molecule has 0 amide bonds. The maximum atomic E-state index is 11.9.